The van der Waals surface area contributed by atoms with E-state index in [-0.39, 0.29) is 0 Å². The van der Waals surface area contributed by atoms with Crippen molar-refractivity contribution < 1.29 is 9.53 Å². The molecule has 0 heterocycles. The van der Waals surface area contributed by atoms with Crippen molar-refractivity contribution in [1.82, 2.24) is 0 Å². The summed E-state index contributed by atoms with van der Waals surface area (Å²) in [5.74, 6) is 0.814. The van der Waals surface area contributed by atoms with Crippen molar-refractivity contribution in [2.24, 2.45) is 5.92 Å². The van der Waals surface area contributed by atoms with Crippen molar-refractivity contribution in [3.63, 3.8) is 0 Å². The van der Waals surface area contributed by atoms with Crippen molar-refractivity contribution >= 4 is 6.47 Å². The summed E-state index contributed by atoms with van der Waals surface area (Å²) in [4.78, 5) is 9.18. The maximum Gasteiger partial charge on any atom is 0.293 e. The highest BCUT2D eigenvalue weighted by Gasteiger charge is 1.99. The van der Waals surface area contributed by atoms with Gasteiger partial charge in [-0.3, -0.25) is 4.79 Å². The minimum atomic E-state index is 0.431. The molecule has 0 N–H and O–H groups in total. The predicted octanol–water partition coefficient (Wildman–Crippen LogP) is 5.51. The molecule has 0 radical (unpaired) electrons. The molecule has 0 amide bonds. The van der Waals surface area contributed by atoms with Gasteiger partial charge in [-0.1, -0.05) is 74.9 Å². The number of rotatable bonds is 7. The fourth-order valence-corrected chi connectivity index (χ4v) is 2.28. The summed E-state index contributed by atoms with van der Waals surface area (Å²) >= 11 is 0. The van der Waals surface area contributed by atoms with Gasteiger partial charge in [-0.25, -0.2) is 0 Å². The van der Waals surface area contributed by atoms with Crippen LogP contribution in [0.5, 0.6) is 0 Å². The summed E-state index contributed by atoms with van der Waals surface area (Å²) in [6.45, 7) is 7.24. The highest BCUT2D eigenvalue weighted by atomic mass is 16.5. The zero-order valence-electron chi connectivity index (χ0n) is 14.5. The molecule has 2 rings (SSSR count). The Morgan fingerprint density at radius 2 is 1.57 bits per heavy atom. The van der Waals surface area contributed by atoms with Gasteiger partial charge in [0.05, 0.1) is 6.61 Å². The zero-order chi connectivity index (χ0) is 16.9. The van der Waals surface area contributed by atoms with E-state index in [4.69, 9.17) is 0 Å². The van der Waals surface area contributed by atoms with E-state index in [1.54, 1.807) is 6.92 Å². The van der Waals surface area contributed by atoms with Gasteiger partial charge in [-0.15, -0.1) is 0 Å². The Morgan fingerprint density at radius 1 is 0.957 bits per heavy atom. The molecule has 0 aliphatic heterocycles. The lowest BCUT2D eigenvalue weighted by Gasteiger charge is -2.06. The van der Waals surface area contributed by atoms with Crippen LogP contribution in [0.4, 0.5) is 0 Å². The monoisotopic (exact) mass is 312 g/mol. The van der Waals surface area contributed by atoms with E-state index in [1.165, 1.54) is 36.0 Å². The molecule has 0 spiro atoms. The molecule has 0 aliphatic rings. The third kappa shape index (κ3) is 8.20. The zero-order valence-corrected chi connectivity index (χ0v) is 14.5. The second-order valence-corrected chi connectivity index (χ2v) is 5.90. The van der Waals surface area contributed by atoms with Crippen molar-refractivity contribution in [2.75, 3.05) is 6.61 Å². The number of ether oxygens (including phenoxy) is 1. The van der Waals surface area contributed by atoms with Crippen LogP contribution in [-0.4, -0.2) is 13.1 Å². The molecular formula is C21H28O2. The van der Waals surface area contributed by atoms with E-state index in [2.05, 4.69) is 73.2 Å². The third-order valence-corrected chi connectivity index (χ3v) is 3.54. The van der Waals surface area contributed by atoms with Crippen LogP contribution in [0.15, 0.2) is 54.6 Å². The van der Waals surface area contributed by atoms with Gasteiger partial charge in [0, 0.05) is 0 Å². The number of aryl methyl sites for hydroxylation is 1. The molecule has 0 saturated heterocycles. The highest BCUT2D eigenvalue weighted by Crippen LogP contribution is 2.20. The first-order valence-electron chi connectivity index (χ1n) is 8.37. The Hall–Kier alpha value is -2.09. The van der Waals surface area contributed by atoms with E-state index < -0.39 is 0 Å². The minimum absolute atomic E-state index is 0.431. The van der Waals surface area contributed by atoms with E-state index >= 15 is 0 Å². The molecule has 2 heteroatoms. The average molecular weight is 312 g/mol. The normalized spacial score (nSPS) is 9.91. The average Bonchev–Trinajstić information content (AvgIpc) is 2.57. The van der Waals surface area contributed by atoms with Gasteiger partial charge >= 0.3 is 0 Å². The lowest BCUT2D eigenvalue weighted by molar-refractivity contribution is -0.128. The van der Waals surface area contributed by atoms with Crippen LogP contribution in [0.25, 0.3) is 11.1 Å². The maximum absolute atomic E-state index is 9.18. The van der Waals surface area contributed by atoms with E-state index in [1.807, 2.05) is 0 Å². The van der Waals surface area contributed by atoms with Crippen molar-refractivity contribution in [2.45, 2.75) is 40.0 Å². The Morgan fingerprint density at radius 3 is 2.04 bits per heavy atom. The summed E-state index contributed by atoms with van der Waals surface area (Å²) in [5, 5.41) is 0. The van der Waals surface area contributed by atoms with Crippen molar-refractivity contribution in [3.05, 3.63) is 60.2 Å². The summed E-state index contributed by atoms with van der Waals surface area (Å²) in [6.07, 6.45) is 3.82. The second-order valence-electron chi connectivity index (χ2n) is 5.90. The van der Waals surface area contributed by atoms with E-state index in [0.29, 0.717) is 13.1 Å². The van der Waals surface area contributed by atoms with Crippen LogP contribution < -0.4 is 0 Å². The molecular weight excluding hydrogens is 284 g/mol. The number of hydrogen-bond donors (Lipinski definition) is 0. The number of benzene rings is 2. The molecule has 0 saturated carbocycles. The highest BCUT2D eigenvalue weighted by molar-refractivity contribution is 5.63. The first kappa shape index (κ1) is 19.0. The molecule has 2 aromatic rings. The molecule has 2 aromatic carbocycles. The summed E-state index contributed by atoms with van der Waals surface area (Å²) in [7, 11) is 0. The lowest BCUT2D eigenvalue weighted by Crippen LogP contribution is -1.90. The Labute approximate surface area is 140 Å². The molecule has 0 aliphatic carbocycles. The first-order chi connectivity index (χ1) is 11.2. The number of hydrogen-bond acceptors (Lipinski definition) is 2. The van der Waals surface area contributed by atoms with Crippen molar-refractivity contribution in [3.8, 4) is 11.1 Å². The topological polar surface area (TPSA) is 26.3 Å². The number of carbonyl (C=O) groups excluding carboxylic acids is 1. The van der Waals surface area contributed by atoms with Crippen LogP contribution in [-0.2, 0) is 16.0 Å². The number of carbonyl (C=O) groups is 1. The van der Waals surface area contributed by atoms with Gasteiger partial charge < -0.3 is 4.74 Å². The van der Waals surface area contributed by atoms with Crippen molar-refractivity contribution in [1.29, 1.82) is 0 Å². The van der Waals surface area contributed by atoms with E-state index in [0.717, 1.165) is 5.92 Å². The van der Waals surface area contributed by atoms with Crippen LogP contribution >= 0.6 is 0 Å². The van der Waals surface area contributed by atoms with Crippen LogP contribution in [0.3, 0.4) is 0 Å². The van der Waals surface area contributed by atoms with Gasteiger partial charge in [0.2, 0.25) is 0 Å². The summed E-state index contributed by atoms with van der Waals surface area (Å²) in [5.41, 5.74) is 4.06. The minimum Gasteiger partial charge on any atom is -0.468 e. The van der Waals surface area contributed by atoms with Gasteiger partial charge in [0.1, 0.15) is 0 Å². The molecule has 0 bridgehead atoms. The molecule has 0 fully saturated rings. The van der Waals surface area contributed by atoms with Crippen LogP contribution in [0.1, 0.15) is 39.2 Å². The van der Waals surface area contributed by atoms with Gasteiger partial charge in [-0.05, 0) is 42.4 Å². The first-order valence-corrected chi connectivity index (χ1v) is 8.37. The Bertz CT molecular complexity index is 530. The fourth-order valence-electron chi connectivity index (χ4n) is 2.28. The third-order valence-electron chi connectivity index (χ3n) is 3.54. The maximum atomic E-state index is 9.18. The van der Waals surface area contributed by atoms with E-state index in [9.17, 15) is 4.79 Å². The SMILES string of the molecule is CC(C)CCCc1ccc(-c2ccccc2)cc1.CCOC=O. The summed E-state index contributed by atoms with van der Waals surface area (Å²) < 4.78 is 4.15. The molecule has 23 heavy (non-hydrogen) atoms. The fraction of sp³-hybridized carbons (Fsp3) is 0.381. The Kier molecular flexibility index (Phi) is 9.46. The largest absolute Gasteiger partial charge is 0.468 e. The predicted molar refractivity (Wildman–Crippen MR) is 97.3 cm³/mol. The molecule has 124 valence electrons. The summed E-state index contributed by atoms with van der Waals surface area (Å²) in [6, 6.07) is 19.6. The van der Waals surface area contributed by atoms with Gasteiger partial charge in [-0.2, -0.15) is 0 Å². The Balaban J connectivity index is 0.000000463. The second kappa shape index (κ2) is 11.5. The molecule has 0 atom stereocenters. The standard InChI is InChI=1S/C18H22.C3H6O2/c1-15(2)7-6-8-16-11-13-18(14-12-16)17-9-4-3-5-10-17;1-2-5-3-4/h3-5,9-15H,6-8H2,1-2H3;3H,2H2,1H3. The molecule has 0 unspecified atom stereocenters. The molecule has 0 aromatic heterocycles. The van der Waals surface area contributed by atoms with Gasteiger partial charge in [0.15, 0.2) is 0 Å². The van der Waals surface area contributed by atoms with Gasteiger partial charge in [0.25, 0.3) is 6.47 Å². The quantitative estimate of drug-likeness (QED) is 0.630. The van der Waals surface area contributed by atoms with Crippen LogP contribution in [0.2, 0.25) is 0 Å². The van der Waals surface area contributed by atoms with Crippen LogP contribution in [0, 0.1) is 5.92 Å². The lowest BCUT2D eigenvalue weighted by atomic mass is 10.00. The smallest absolute Gasteiger partial charge is 0.293 e. The molecule has 2 nitrogen and oxygen atoms in total.